The molecule has 7 heteroatoms. The number of rotatable bonds is 8. The van der Waals surface area contributed by atoms with E-state index < -0.39 is 0 Å². The molecule has 150 valence electrons. The summed E-state index contributed by atoms with van der Waals surface area (Å²) in [7, 11) is 1.61. The zero-order chi connectivity index (χ0) is 18.8. The van der Waals surface area contributed by atoms with Gasteiger partial charge in [-0.05, 0) is 44.4 Å². The second-order valence-electron chi connectivity index (χ2n) is 6.43. The number of benzene rings is 1. The maximum Gasteiger partial charge on any atom is 0.191 e. The van der Waals surface area contributed by atoms with Crippen LogP contribution >= 0.6 is 24.0 Å². The predicted molar refractivity (Wildman–Crippen MR) is 119 cm³/mol. The van der Waals surface area contributed by atoms with Crippen LogP contribution < -0.4 is 20.1 Å². The molecule has 0 spiro atoms. The van der Waals surface area contributed by atoms with Gasteiger partial charge < -0.3 is 24.8 Å². The fourth-order valence-electron chi connectivity index (χ4n) is 2.81. The minimum Gasteiger partial charge on any atom is -0.493 e. The number of terminal acetylenes is 1. The van der Waals surface area contributed by atoms with Crippen molar-refractivity contribution >= 4 is 29.9 Å². The van der Waals surface area contributed by atoms with E-state index in [1.807, 2.05) is 25.1 Å². The van der Waals surface area contributed by atoms with Gasteiger partial charge in [-0.2, -0.15) is 0 Å². The Kier molecular flexibility index (Phi) is 10.3. The lowest BCUT2D eigenvalue weighted by Gasteiger charge is -2.24. The molecule has 6 nitrogen and oxygen atoms in total. The Morgan fingerprint density at radius 1 is 1.37 bits per heavy atom. The number of nitrogens with zero attached hydrogens (tertiary/aromatic N) is 1. The third-order valence-corrected chi connectivity index (χ3v) is 4.23. The minimum atomic E-state index is -0.119. The number of nitrogens with one attached hydrogen (secondary N) is 2. The SMILES string of the molecule is C#CCOc1cc(CN=C(NCC)NCC2(C)CCCO2)ccc1OC.I. The largest absolute Gasteiger partial charge is 0.493 e. The van der Waals surface area contributed by atoms with Crippen LogP contribution in [0.4, 0.5) is 0 Å². The van der Waals surface area contributed by atoms with E-state index in [2.05, 4.69) is 28.5 Å². The molecule has 1 heterocycles. The smallest absolute Gasteiger partial charge is 0.191 e. The van der Waals surface area contributed by atoms with Gasteiger partial charge in [0.25, 0.3) is 0 Å². The molecule has 1 unspecified atom stereocenters. The van der Waals surface area contributed by atoms with E-state index in [1.165, 1.54) is 0 Å². The molecule has 0 aromatic heterocycles. The van der Waals surface area contributed by atoms with Crippen molar-refractivity contribution in [1.29, 1.82) is 0 Å². The molecule has 0 saturated carbocycles. The molecule has 2 rings (SSSR count). The number of hydrogen-bond acceptors (Lipinski definition) is 4. The van der Waals surface area contributed by atoms with Crippen molar-refractivity contribution in [3.05, 3.63) is 23.8 Å². The molecule has 1 aromatic carbocycles. The lowest BCUT2D eigenvalue weighted by atomic mass is 10.0. The monoisotopic (exact) mass is 487 g/mol. The number of methoxy groups -OCH3 is 1. The average molecular weight is 487 g/mol. The van der Waals surface area contributed by atoms with Gasteiger partial charge in [-0.1, -0.05) is 12.0 Å². The van der Waals surface area contributed by atoms with Gasteiger partial charge >= 0.3 is 0 Å². The van der Waals surface area contributed by atoms with E-state index in [0.717, 1.165) is 44.1 Å². The lowest BCUT2D eigenvalue weighted by molar-refractivity contribution is 0.0243. The molecule has 1 aliphatic rings. The Bertz CT molecular complexity index is 652. The van der Waals surface area contributed by atoms with Crippen LogP contribution in [0.25, 0.3) is 0 Å². The number of halogens is 1. The molecule has 0 radical (unpaired) electrons. The van der Waals surface area contributed by atoms with E-state index >= 15 is 0 Å². The normalized spacial score (nSPS) is 19.0. The third kappa shape index (κ3) is 7.46. The second kappa shape index (κ2) is 11.9. The first-order valence-corrected chi connectivity index (χ1v) is 8.99. The third-order valence-electron chi connectivity index (χ3n) is 4.23. The molecule has 0 aliphatic carbocycles. The van der Waals surface area contributed by atoms with Crippen LogP contribution in [0, 0.1) is 12.3 Å². The summed E-state index contributed by atoms with van der Waals surface area (Å²) in [6.07, 6.45) is 7.44. The number of guanidine groups is 1. The number of ether oxygens (including phenoxy) is 3. The van der Waals surface area contributed by atoms with Crippen LogP contribution in [0.5, 0.6) is 11.5 Å². The van der Waals surface area contributed by atoms with Crippen LogP contribution in [0.3, 0.4) is 0 Å². The van der Waals surface area contributed by atoms with Crippen LogP contribution in [0.2, 0.25) is 0 Å². The first kappa shape index (κ1) is 23.4. The van der Waals surface area contributed by atoms with Crippen molar-refractivity contribution in [2.45, 2.75) is 38.8 Å². The van der Waals surface area contributed by atoms with Gasteiger partial charge in [0.15, 0.2) is 17.5 Å². The van der Waals surface area contributed by atoms with Gasteiger partial charge in [0, 0.05) is 19.7 Å². The molecular formula is C20H30IN3O3. The standard InChI is InChI=1S/C20H29N3O3.HI/c1-5-11-25-18-13-16(8-9-17(18)24-4)14-22-19(21-6-2)23-15-20(3)10-7-12-26-20;/h1,8-9,13H,6-7,10-12,14-15H2,2-4H3,(H2,21,22,23);1H. The summed E-state index contributed by atoms with van der Waals surface area (Å²) in [4.78, 5) is 4.65. The fraction of sp³-hybridized carbons (Fsp3) is 0.550. The zero-order valence-corrected chi connectivity index (χ0v) is 18.7. The molecule has 1 fully saturated rings. The first-order valence-electron chi connectivity index (χ1n) is 8.99. The van der Waals surface area contributed by atoms with E-state index in [0.29, 0.717) is 18.0 Å². The van der Waals surface area contributed by atoms with Gasteiger partial charge in [0.1, 0.15) is 6.61 Å². The van der Waals surface area contributed by atoms with E-state index in [9.17, 15) is 0 Å². The molecule has 1 aromatic rings. The van der Waals surface area contributed by atoms with Crippen LogP contribution in [0.15, 0.2) is 23.2 Å². The Labute approximate surface area is 179 Å². The van der Waals surface area contributed by atoms with E-state index in [-0.39, 0.29) is 36.2 Å². The quantitative estimate of drug-likeness (QED) is 0.256. The number of aliphatic imine (C=N–C) groups is 1. The van der Waals surface area contributed by atoms with Gasteiger partial charge in [-0.15, -0.1) is 30.4 Å². The summed E-state index contributed by atoms with van der Waals surface area (Å²) in [6.45, 7) is 7.26. The molecule has 1 aliphatic heterocycles. The molecular weight excluding hydrogens is 457 g/mol. The number of hydrogen-bond donors (Lipinski definition) is 2. The topological polar surface area (TPSA) is 64.1 Å². The Balaban J connectivity index is 0.00000364. The van der Waals surface area contributed by atoms with E-state index in [4.69, 9.17) is 20.6 Å². The highest BCUT2D eigenvalue weighted by Gasteiger charge is 2.29. The van der Waals surface area contributed by atoms with Gasteiger partial charge in [0.05, 0.1) is 19.3 Å². The van der Waals surface area contributed by atoms with Gasteiger partial charge in [-0.25, -0.2) is 4.99 Å². The molecule has 1 atom stereocenters. The molecule has 2 N–H and O–H groups in total. The minimum absolute atomic E-state index is 0. The second-order valence-corrected chi connectivity index (χ2v) is 6.43. The van der Waals surface area contributed by atoms with Crippen molar-refractivity contribution in [3.63, 3.8) is 0 Å². The summed E-state index contributed by atoms with van der Waals surface area (Å²) in [5.41, 5.74) is 0.894. The summed E-state index contributed by atoms with van der Waals surface area (Å²) in [6, 6.07) is 5.74. The molecule has 27 heavy (non-hydrogen) atoms. The molecule has 0 amide bonds. The highest BCUT2D eigenvalue weighted by atomic mass is 127. The highest BCUT2D eigenvalue weighted by Crippen LogP contribution is 2.28. The first-order chi connectivity index (χ1) is 12.6. The maximum absolute atomic E-state index is 5.82. The van der Waals surface area contributed by atoms with Crippen LogP contribution in [-0.4, -0.2) is 45.0 Å². The van der Waals surface area contributed by atoms with Gasteiger partial charge in [-0.3, -0.25) is 0 Å². The predicted octanol–water partition coefficient (Wildman–Crippen LogP) is 2.95. The lowest BCUT2D eigenvalue weighted by Crippen LogP contribution is -2.45. The van der Waals surface area contributed by atoms with Crippen molar-refractivity contribution < 1.29 is 14.2 Å². The molecule has 1 saturated heterocycles. The summed E-state index contributed by atoms with van der Waals surface area (Å²) in [5.74, 6) is 4.52. The summed E-state index contributed by atoms with van der Waals surface area (Å²) in [5, 5.41) is 6.64. The van der Waals surface area contributed by atoms with Crippen molar-refractivity contribution in [1.82, 2.24) is 10.6 Å². The van der Waals surface area contributed by atoms with E-state index in [1.54, 1.807) is 7.11 Å². The zero-order valence-electron chi connectivity index (χ0n) is 16.3. The maximum atomic E-state index is 5.82. The Morgan fingerprint density at radius 3 is 2.81 bits per heavy atom. The summed E-state index contributed by atoms with van der Waals surface area (Å²) >= 11 is 0. The molecule has 0 bridgehead atoms. The highest BCUT2D eigenvalue weighted by molar-refractivity contribution is 14.0. The van der Waals surface area contributed by atoms with Gasteiger partial charge in [0.2, 0.25) is 0 Å². The Hall–Kier alpha value is -1.66. The van der Waals surface area contributed by atoms with Crippen molar-refractivity contribution in [2.75, 3.05) is 33.4 Å². The van der Waals surface area contributed by atoms with Crippen molar-refractivity contribution in [3.8, 4) is 23.8 Å². The fourth-order valence-corrected chi connectivity index (χ4v) is 2.81. The van der Waals surface area contributed by atoms with Crippen LogP contribution in [0.1, 0.15) is 32.3 Å². The van der Waals surface area contributed by atoms with Crippen LogP contribution in [-0.2, 0) is 11.3 Å². The Morgan fingerprint density at radius 2 is 2.19 bits per heavy atom. The summed E-state index contributed by atoms with van der Waals surface area (Å²) < 4.78 is 16.7. The van der Waals surface area contributed by atoms with Crippen molar-refractivity contribution in [2.24, 2.45) is 4.99 Å². The average Bonchev–Trinajstić information content (AvgIpc) is 3.09.